The van der Waals surface area contributed by atoms with E-state index in [0.717, 1.165) is 9.91 Å². The van der Waals surface area contributed by atoms with Crippen LogP contribution in [0.15, 0.2) is 54.6 Å². The maximum absolute atomic E-state index is 13.0. The summed E-state index contributed by atoms with van der Waals surface area (Å²) in [7, 11) is 0. The molecule has 30 heavy (non-hydrogen) atoms. The molecule has 3 rings (SSSR count). The third-order valence-electron chi connectivity index (χ3n) is 4.45. The number of imide groups is 1. The molecular weight excluding hydrogens is 410 g/mol. The van der Waals surface area contributed by atoms with Crippen LogP contribution in [0.2, 0.25) is 5.02 Å². The number of hydrogen-bond acceptors (Lipinski definition) is 5. The lowest BCUT2D eigenvalue weighted by Crippen LogP contribution is -2.55. The van der Waals surface area contributed by atoms with Crippen LogP contribution in [-0.2, 0) is 25.5 Å². The molecule has 1 fully saturated rings. The van der Waals surface area contributed by atoms with Crippen molar-refractivity contribution in [2.45, 2.75) is 25.8 Å². The largest absolute Gasteiger partial charge is 0.449 e. The Morgan fingerprint density at radius 2 is 1.90 bits per heavy atom. The summed E-state index contributed by atoms with van der Waals surface area (Å²) in [5, 5.41) is 1.24. The van der Waals surface area contributed by atoms with Gasteiger partial charge in [-0.3, -0.25) is 14.4 Å². The third kappa shape index (κ3) is 4.77. The van der Waals surface area contributed by atoms with Gasteiger partial charge in [-0.25, -0.2) is 20.1 Å². The molecule has 1 unspecified atom stereocenters. The van der Waals surface area contributed by atoms with Crippen LogP contribution in [0.25, 0.3) is 0 Å². The van der Waals surface area contributed by atoms with Gasteiger partial charge in [-0.1, -0.05) is 48.0 Å². The van der Waals surface area contributed by atoms with E-state index < -0.39 is 29.9 Å². The zero-order valence-electron chi connectivity index (χ0n) is 16.2. The highest BCUT2D eigenvalue weighted by molar-refractivity contribution is 6.31. The van der Waals surface area contributed by atoms with Crippen LogP contribution in [0.4, 0.5) is 10.5 Å². The highest BCUT2D eigenvalue weighted by Gasteiger charge is 2.45. The van der Waals surface area contributed by atoms with Crippen molar-refractivity contribution in [3.63, 3.8) is 0 Å². The zero-order valence-corrected chi connectivity index (χ0v) is 17.0. The Balaban J connectivity index is 1.86. The number of halogens is 1. The van der Waals surface area contributed by atoms with Crippen molar-refractivity contribution in [2.24, 2.45) is 0 Å². The van der Waals surface area contributed by atoms with Gasteiger partial charge in [-0.2, -0.15) is 0 Å². The lowest BCUT2D eigenvalue weighted by atomic mass is 10.1. The number of nitrogens with one attached hydrogen (secondary N) is 1. The van der Waals surface area contributed by atoms with Crippen LogP contribution in [-0.4, -0.2) is 41.5 Å². The zero-order chi connectivity index (χ0) is 21.7. The molecule has 0 radical (unpaired) electrons. The lowest BCUT2D eigenvalue weighted by molar-refractivity contribution is -0.140. The minimum atomic E-state index is -1.20. The van der Waals surface area contributed by atoms with Crippen molar-refractivity contribution in [1.29, 1.82) is 0 Å². The van der Waals surface area contributed by atoms with Gasteiger partial charge in [0.2, 0.25) is 11.8 Å². The molecular formula is C21H20ClN3O5. The van der Waals surface area contributed by atoms with E-state index in [1.165, 1.54) is 6.07 Å². The Labute approximate surface area is 178 Å². The van der Waals surface area contributed by atoms with Gasteiger partial charge in [-0.05, 0) is 30.7 Å². The molecule has 0 bridgehead atoms. The number of ether oxygens (including phenoxy) is 1. The first kappa shape index (κ1) is 21.3. The number of rotatable bonds is 5. The van der Waals surface area contributed by atoms with Gasteiger partial charge in [-0.15, -0.1) is 0 Å². The van der Waals surface area contributed by atoms with E-state index in [1.807, 2.05) is 6.07 Å². The highest BCUT2D eigenvalue weighted by Crippen LogP contribution is 2.27. The van der Waals surface area contributed by atoms with E-state index in [-0.39, 0.29) is 19.4 Å². The molecule has 1 saturated heterocycles. The first-order valence-electron chi connectivity index (χ1n) is 9.32. The Morgan fingerprint density at radius 3 is 2.57 bits per heavy atom. The molecule has 156 valence electrons. The van der Waals surface area contributed by atoms with Crippen LogP contribution in [0, 0.1) is 0 Å². The lowest BCUT2D eigenvalue weighted by Gasteiger charge is -2.27. The second-order valence-corrected chi connectivity index (χ2v) is 6.96. The average molecular weight is 430 g/mol. The van der Waals surface area contributed by atoms with Gasteiger partial charge in [0.1, 0.15) is 6.04 Å². The van der Waals surface area contributed by atoms with Crippen molar-refractivity contribution in [3.05, 3.63) is 65.2 Å². The van der Waals surface area contributed by atoms with Crippen molar-refractivity contribution >= 4 is 41.1 Å². The SMILES string of the molecule is CCOC(=O)NN(C(=O)Cc1ccccc1)C1CC(=O)N(c2cccc(Cl)c2)C1=O. The number of nitrogens with zero attached hydrogens (tertiary/aromatic N) is 2. The Morgan fingerprint density at radius 1 is 1.17 bits per heavy atom. The first-order chi connectivity index (χ1) is 14.4. The molecule has 1 N–H and O–H groups in total. The van der Waals surface area contributed by atoms with Crippen LogP contribution in [0.3, 0.4) is 0 Å². The van der Waals surface area contributed by atoms with E-state index in [4.69, 9.17) is 16.3 Å². The van der Waals surface area contributed by atoms with E-state index in [0.29, 0.717) is 16.3 Å². The number of carbonyl (C=O) groups is 4. The van der Waals surface area contributed by atoms with Crippen LogP contribution in [0.1, 0.15) is 18.9 Å². The summed E-state index contributed by atoms with van der Waals surface area (Å²) in [5.74, 6) is -1.69. The van der Waals surface area contributed by atoms with Crippen LogP contribution < -0.4 is 10.3 Å². The second kappa shape index (κ2) is 9.41. The summed E-state index contributed by atoms with van der Waals surface area (Å²) in [4.78, 5) is 51.5. The molecule has 1 aliphatic rings. The summed E-state index contributed by atoms with van der Waals surface area (Å²) >= 11 is 5.97. The van der Waals surface area contributed by atoms with E-state index in [1.54, 1.807) is 49.4 Å². The summed E-state index contributed by atoms with van der Waals surface area (Å²) in [6, 6.07) is 13.9. The maximum Gasteiger partial charge on any atom is 0.426 e. The van der Waals surface area contributed by atoms with Crippen molar-refractivity contribution in [1.82, 2.24) is 10.4 Å². The molecule has 0 aliphatic carbocycles. The number of benzene rings is 2. The van der Waals surface area contributed by atoms with Gasteiger partial charge in [0.25, 0.3) is 5.91 Å². The summed E-state index contributed by atoms with van der Waals surface area (Å²) in [6.07, 6.45) is -1.24. The average Bonchev–Trinajstić information content (AvgIpc) is 3.01. The Bertz CT molecular complexity index is 966. The van der Waals surface area contributed by atoms with Gasteiger partial charge in [0, 0.05) is 5.02 Å². The van der Waals surface area contributed by atoms with Crippen molar-refractivity contribution < 1.29 is 23.9 Å². The van der Waals surface area contributed by atoms with Crippen molar-refractivity contribution in [2.75, 3.05) is 11.5 Å². The number of carbonyl (C=O) groups excluding carboxylic acids is 4. The molecule has 4 amide bonds. The third-order valence-corrected chi connectivity index (χ3v) is 4.69. The Kier molecular flexibility index (Phi) is 6.68. The standard InChI is InChI=1S/C21H20ClN3O5/c1-2-30-21(29)23-25(19(27)11-14-7-4-3-5-8-14)17-13-18(26)24(20(17)28)16-10-6-9-15(22)12-16/h3-10,12,17H,2,11,13H2,1H3,(H,23,29). The first-order valence-corrected chi connectivity index (χ1v) is 9.70. The fourth-order valence-corrected chi connectivity index (χ4v) is 3.32. The predicted octanol–water partition coefficient (Wildman–Crippen LogP) is 2.70. The molecule has 8 nitrogen and oxygen atoms in total. The molecule has 1 heterocycles. The minimum Gasteiger partial charge on any atom is -0.449 e. The predicted molar refractivity (Wildman–Crippen MR) is 109 cm³/mol. The molecule has 0 saturated carbocycles. The fraction of sp³-hybridized carbons (Fsp3) is 0.238. The van der Waals surface area contributed by atoms with E-state index >= 15 is 0 Å². The summed E-state index contributed by atoms with van der Waals surface area (Å²) in [6.45, 7) is 1.69. The number of hydrogen-bond donors (Lipinski definition) is 1. The monoisotopic (exact) mass is 429 g/mol. The van der Waals surface area contributed by atoms with Gasteiger partial charge in [0.15, 0.2) is 0 Å². The smallest absolute Gasteiger partial charge is 0.426 e. The maximum atomic E-state index is 13.0. The van der Waals surface area contributed by atoms with Crippen LogP contribution in [0.5, 0.6) is 0 Å². The minimum absolute atomic E-state index is 0.0671. The van der Waals surface area contributed by atoms with E-state index in [9.17, 15) is 19.2 Å². The van der Waals surface area contributed by atoms with E-state index in [2.05, 4.69) is 5.43 Å². The topological polar surface area (TPSA) is 96.0 Å². The van der Waals surface area contributed by atoms with Gasteiger partial charge >= 0.3 is 6.09 Å². The number of amides is 4. The molecule has 0 spiro atoms. The molecule has 1 atom stereocenters. The fourth-order valence-electron chi connectivity index (χ4n) is 3.14. The normalized spacial score (nSPS) is 15.8. The van der Waals surface area contributed by atoms with Crippen LogP contribution >= 0.6 is 11.6 Å². The van der Waals surface area contributed by atoms with Crippen molar-refractivity contribution in [3.8, 4) is 0 Å². The quantitative estimate of drug-likeness (QED) is 0.582. The van der Waals surface area contributed by atoms with Gasteiger partial charge in [0.05, 0.1) is 25.1 Å². The summed E-state index contributed by atoms with van der Waals surface area (Å²) in [5.41, 5.74) is 3.30. The molecule has 0 aromatic heterocycles. The molecule has 2 aromatic carbocycles. The second-order valence-electron chi connectivity index (χ2n) is 6.53. The number of anilines is 1. The molecule has 1 aliphatic heterocycles. The number of hydrazine groups is 1. The Hall–Kier alpha value is -3.39. The summed E-state index contributed by atoms with van der Waals surface area (Å²) < 4.78 is 4.85. The molecule has 9 heteroatoms. The molecule has 2 aromatic rings. The van der Waals surface area contributed by atoms with Gasteiger partial charge < -0.3 is 4.74 Å². The highest BCUT2D eigenvalue weighted by atomic mass is 35.5.